The van der Waals surface area contributed by atoms with Gasteiger partial charge in [-0.3, -0.25) is 4.79 Å². The predicted molar refractivity (Wildman–Crippen MR) is 68.2 cm³/mol. The average Bonchev–Trinajstić information content (AvgIpc) is 2.45. The van der Waals surface area contributed by atoms with Crippen LogP contribution in [-0.4, -0.2) is 24.0 Å². The van der Waals surface area contributed by atoms with Gasteiger partial charge in [0.25, 0.3) is 0 Å². The maximum Gasteiger partial charge on any atom is 0.465 e. The van der Waals surface area contributed by atoms with Crippen molar-refractivity contribution in [3.8, 4) is 11.5 Å². The van der Waals surface area contributed by atoms with E-state index < -0.39 is 35.5 Å². The Morgan fingerprint density at radius 2 is 1.52 bits per heavy atom. The number of benzene rings is 1. The Kier molecular flexibility index (Phi) is 6.05. The number of alkyl halides is 5. The third-order valence-electron chi connectivity index (χ3n) is 2.62. The van der Waals surface area contributed by atoms with Gasteiger partial charge in [0.15, 0.2) is 11.5 Å². The highest BCUT2D eigenvalue weighted by Gasteiger charge is 2.65. The van der Waals surface area contributed by atoms with E-state index in [-0.39, 0.29) is 6.42 Å². The van der Waals surface area contributed by atoms with Crippen molar-refractivity contribution in [3.63, 3.8) is 0 Å². The Morgan fingerprint density at radius 3 is 2.00 bits per heavy atom. The monoisotopic (exact) mass is 340 g/mol. The second-order valence-electron chi connectivity index (χ2n) is 4.49. The molecule has 0 spiro atoms. The zero-order valence-corrected chi connectivity index (χ0v) is 12.0. The highest BCUT2D eigenvalue weighted by molar-refractivity contribution is 5.82. The first-order valence-corrected chi connectivity index (χ1v) is 6.56. The quantitative estimate of drug-likeness (QED) is 0.448. The first-order chi connectivity index (χ1) is 10.6. The van der Waals surface area contributed by atoms with Gasteiger partial charge in [0.05, 0.1) is 0 Å². The van der Waals surface area contributed by atoms with Gasteiger partial charge in [0.2, 0.25) is 0 Å². The maximum atomic E-state index is 12.9. The van der Waals surface area contributed by atoms with Crippen LogP contribution in [0, 0.1) is 0 Å². The van der Waals surface area contributed by atoms with E-state index in [1.165, 1.54) is 12.1 Å². The third-order valence-corrected chi connectivity index (χ3v) is 2.62. The van der Waals surface area contributed by atoms with Crippen molar-refractivity contribution >= 4 is 11.9 Å². The molecule has 1 aromatic carbocycles. The summed E-state index contributed by atoms with van der Waals surface area (Å²) in [7, 11) is 0. The number of rotatable bonds is 6. The zero-order chi connectivity index (χ0) is 17.7. The predicted octanol–water partition coefficient (Wildman–Crippen LogP) is 3.89. The minimum absolute atomic E-state index is 0.0253. The number of carbonyl (C=O) groups excluding carboxylic acids is 2. The molecule has 9 heteroatoms. The van der Waals surface area contributed by atoms with Crippen molar-refractivity contribution in [2.24, 2.45) is 0 Å². The summed E-state index contributed by atoms with van der Waals surface area (Å²) in [5.41, 5.74) is 0. The molecule has 0 aliphatic carbocycles. The molecule has 0 aliphatic heterocycles. The molecule has 1 aromatic rings. The van der Waals surface area contributed by atoms with Gasteiger partial charge in [0, 0.05) is 6.42 Å². The van der Waals surface area contributed by atoms with Crippen molar-refractivity contribution in [1.82, 2.24) is 0 Å². The lowest BCUT2D eigenvalue weighted by atomic mass is 10.2. The molecule has 0 bridgehead atoms. The Labute approximate surface area is 128 Å². The molecular formula is C14H13F5O4. The van der Waals surface area contributed by atoms with Gasteiger partial charge in [0.1, 0.15) is 0 Å². The molecule has 0 N–H and O–H groups in total. The molecule has 0 radical (unpaired) electrons. The lowest BCUT2D eigenvalue weighted by molar-refractivity contribution is -0.276. The fraction of sp³-hybridized carbons (Fsp3) is 0.429. The summed E-state index contributed by atoms with van der Waals surface area (Å²) in [6.45, 7) is 1.82. The van der Waals surface area contributed by atoms with Gasteiger partial charge in [-0.15, -0.1) is 0 Å². The van der Waals surface area contributed by atoms with Crippen molar-refractivity contribution in [3.05, 3.63) is 24.3 Å². The lowest BCUT2D eigenvalue weighted by Gasteiger charge is -2.18. The maximum absolute atomic E-state index is 12.9. The molecule has 0 atom stereocenters. The van der Waals surface area contributed by atoms with Crippen LogP contribution in [0.2, 0.25) is 0 Å². The molecule has 0 heterocycles. The highest BCUT2D eigenvalue weighted by Crippen LogP contribution is 2.38. The van der Waals surface area contributed by atoms with E-state index in [0.717, 1.165) is 12.1 Å². The summed E-state index contributed by atoms with van der Waals surface area (Å²) >= 11 is 0. The van der Waals surface area contributed by atoms with Gasteiger partial charge in [-0.1, -0.05) is 25.5 Å². The first kappa shape index (κ1) is 18.9. The fourth-order valence-electron chi connectivity index (χ4n) is 1.39. The molecule has 0 unspecified atom stereocenters. The van der Waals surface area contributed by atoms with Gasteiger partial charge >= 0.3 is 24.0 Å². The summed E-state index contributed by atoms with van der Waals surface area (Å²) in [6.07, 6.45) is -4.86. The number of hydrogen-bond acceptors (Lipinski definition) is 4. The highest BCUT2D eigenvalue weighted by atomic mass is 19.4. The first-order valence-electron chi connectivity index (χ1n) is 6.56. The molecular weight excluding hydrogens is 327 g/mol. The van der Waals surface area contributed by atoms with E-state index in [2.05, 4.69) is 4.74 Å². The Balaban J connectivity index is 2.90. The number of para-hydroxylation sites is 2. The molecule has 0 saturated heterocycles. The minimum atomic E-state index is -6.09. The summed E-state index contributed by atoms with van der Waals surface area (Å²) < 4.78 is 70.9. The van der Waals surface area contributed by atoms with Crippen LogP contribution in [0.5, 0.6) is 11.5 Å². The number of halogens is 5. The largest absolute Gasteiger partial charge is 0.465 e. The lowest BCUT2D eigenvalue weighted by Crippen LogP contribution is -2.46. The molecule has 0 fully saturated rings. The molecule has 0 saturated carbocycles. The van der Waals surface area contributed by atoms with Crippen LogP contribution in [-0.2, 0) is 9.59 Å². The number of carbonyl (C=O) groups is 2. The molecule has 0 amide bonds. The normalized spacial score (nSPS) is 11.9. The molecule has 4 nitrogen and oxygen atoms in total. The molecule has 128 valence electrons. The van der Waals surface area contributed by atoms with E-state index in [1.807, 2.05) is 6.92 Å². The number of unbranched alkanes of at least 4 members (excludes halogenated alkanes) is 1. The van der Waals surface area contributed by atoms with Crippen LogP contribution in [0.1, 0.15) is 26.2 Å². The summed E-state index contributed by atoms with van der Waals surface area (Å²) in [5, 5.41) is 0. The van der Waals surface area contributed by atoms with Crippen molar-refractivity contribution in [2.45, 2.75) is 38.3 Å². The zero-order valence-electron chi connectivity index (χ0n) is 12.0. The van der Waals surface area contributed by atoms with Crippen LogP contribution in [0.25, 0.3) is 0 Å². The second-order valence-corrected chi connectivity index (χ2v) is 4.49. The second kappa shape index (κ2) is 7.38. The van der Waals surface area contributed by atoms with E-state index in [4.69, 9.17) is 4.74 Å². The Hall–Kier alpha value is -2.19. The van der Waals surface area contributed by atoms with Gasteiger partial charge < -0.3 is 9.47 Å². The van der Waals surface area contributed by atoms with E-state index in [1.54, 1.807) is 0 Å². The number of hydrogen-bond donors (Lipinski definition) is 0. The van der Waals surface area contributed by atoms with Crippen molar-refractivity contribution < 1.29 is 41.0 Å². The van der Waals surface area contributed by atoms with E-state index >= 15 is 0 Å². The summed E-state index contributed by atoms with van der Waals surface area (Å²) in [4.78, 5) is 22.5. The Morgan fingerprint density at radius 1 is 1.00 bits per heavy atom. The minimum Gasteiger partial charge on any atom is -0.423 e. The smallest absolute Gasteiger partial charge is 0.423 e. The Bertz CT molecular complexity index is 569. The molecule has 0 aromatic heterocycles. The topological polar surface area (TPSA) is 52.6 Å². The van der Waals surface area contributed by atoms with E-state index in [9.17, 15) is 31.5 Å². The van der Waals surface area contributed by atoms with Crippen LogP contribution in [0.3, 0.4) is 0 Å². The van der Waals surface area contributed by atoms with Crippen LogP contribution in [0.4, 0.5) is 22.0 Å². The number of ether oxygens (including phenoxy) is 2. The standard InChI is InChI=1S/C14H13F5O4/c1-2-3-8-11(20)22-9-6-4-5-7-10(9)23-12(21)13(15,16)14(17,18)19/h4-7H,2-3,8H2,1H3. The number of esters is 2. The van der Waals surface area contributed by atoms with Gasteiger partial charge in [-0.05, 0) is 18.6 Å². The summed E-state index contributed by atoms with van der Waals surface area (Å²) in [6, 6.07) is 4.60. The molecule has 0 aliphatic rings. The average molecular weight is 340 g/mol. The third kappa shape index (κ3) is 4.90. The van der Waals surface area contributed by atoms with Crippen molar-refractivity contribution in [1.29, 1.82) is 0 Å². The van der Waals surface area contributed by atoms with Crippen LogP contribution in [0.15, 0.2) is 24.3 Å². The fourth-order valence-corrected chi connectivity index (χ4v) is 1.39. The van der Waals surface area contributed by atoms with E-state index in [0.29, 0.717) is 12.8 Å². The summed E-state index contributed by atoms with van der Waals surface area (Å²) in [5.74, 6) is -10.3. The van der Waals surface area contributed by atoms with Crippen molar-refractivity contribution in [2.75, 3.05) is 0 Å². The molecule has 23 heavy (non-hydrogen) atoms. The SMILES string of the molecule is CCCCC(=O)Oc1ccccc1OC(=O)C(F)(F)C(F)(F)F. The van der Waals surface area contributed by atoms with Gasteiger partial charge in [-0.2, -0.15) is 22.0 Å². The van der Waals surface area contributed by atoms with Crippen LogP contribution < -0.4 is 9.47 Å². The van der Waals surface area contributed by atoms with Gasteiger partial charge in [-0.25, -0.2) is 4.79 Å². The van der Waals surface area contributed by atoms with Crippen LogP contribution >= 0.6 is 0 Å². The molecule has 1 rings (SSSR count).